The summed E-state index contributed by atoms with van der Waals surface area (Å²) in [5, 5.41) is 2.65. The van der Waals surface area contributed by atoms with E-state index >= 15 is 0 Å². The number of nitrogens with zero attached hydrogens (tertiary/aromatic N) is 1. The third-order valence-corrected chi connectivity index (χ3v) is 6.92. The molecule has 3 rings (SSSR count). The Hall–Kier alpha value is -2.45. The highest BCUT2D eigenvalue weighted by Crippen LogP contribution is 2.24. The number of halogens is 1. The van der Waals surface area contributed by atoms with E-state index in [1.165, 1.54) is 53.7 Å². The lowest BCUT2D eigenvalue weighted by Crippen LogP contribution is -2.37. The molecule has 0 spiro atoms. The summed E-state index contributed by atoms with van der Waals surface area (Å²) in [5.41, 5.74) is 0.435. The zero-order valence-electron chi connectivity index (χ0n) is 16.5. The van der Waals surface area contributed by atoms with Gasteiger partial charge in [0.25, 0.3) is 5.91 Å². The molecule has 6 nitrogen and oxygen atoms in total. The zero-order valence-corrected chi connectivity index (χ0v) is 17.3. The van der Waals surface area contributed by atoms with Gasteiger partial charge in [0.2, 0.25) is 10.0 Å². The van der Waals surface area contributed by atoms with Crippen molar-refractivity contribution >= 4 is 21.6 Å². The summed E-state index contributed by atoms with van der Waals surface area (Å²) in [7, 11) is -3.54. The van der Waals surface area contributed by atoms with Gasteiger partial charge in [-0.1, -0.05) is 19.1 Å². The van der Waals surface area contributed by atoms with Gasteiger partial charge >= 0.3 is 0 Å². The molecule has 1 N–H and O–H groups in total. The first-order valence-electron chi connectivity index (χ1n) is 9.59. The van der Waals surface area contributed by atoms with Crippen molar-refractivity contribution in [1.82, 2.24) is 4.31 Å². The van der Waals surface area contributed by atoms with E-state index in [-0.39, 0.29) is 10.6 Å². The topological polar surface area (TPSA) is 75.7 Å². The average molecular weight is 421 g/mol. The minimum Gasteiger partial charge on any atom is -0.478 e. The number of sulfonamides is 1. The maximum Gasteiger partial charge on any atom is 0.265 e. The van der Waals surface area contributed by atoms with Crippen LogP contribution in [0.25, 0.3) is 0 Å². The summed E-state index contributed by atoms with van der Waals surface area (Å²) < 4.78 is 46.0. The molecule has 1 amide bonds. The highest BCUT2D eigenvalue weighted by molar-refractivity contribution is 7.89. The summed E-state index contributed by atoms with van der Waals surface area (Å²) in [6.07, 6.45) is 0.784. The largest absolute Gasteiger partial charge is 0.478 e. The van der Waals surface area contributed by atoms with Crippen molar-refractivity contribution in [2.24, 2.45) is 5.92 Å². The number of carbonyl (C=O) groups is 1. The number of nitrogens with one attached hydrogen (secondary N) is 1. The van der Waals surface area contributed by atoms with Crippen LogP contribution in [0, 0.1) is 11.7 Å². The van der Waals surface area contributed by atoms with Gasteiger partial charge in [-0.15, -0.1) is 0 Å². The third kappa shape index (κ3) is 5.13. The molecular weight excluding hydrogens is 395 g/mol. The highest BCUT2D eigenvalue weighted by atomic mass is 32.2. The lowest BCUT2D eigenvalue weighted by Gasteiger charge is -2.29. The number of benzene rings is 2. The molecule has 0 radical (unpaired) electrons. The van der Waals surface area contributed by atoms with Crippen molar-refractivity contribution in [3.05, 3.63) is 54.3 Å². The minimum absolute atomic E-state index is 0.00700. The van der Waals surface area contributed by atoms with Crippen LogP contribution in [0.2, 0.25) is 0 Å². The molecule has 0 bridgehead atoms. The van der Waals surface area contributed by atoms with Crippen LogP contribution >= 0.6 is 0 Å². The first kappa shape index (κ1) is 21.3. The zero-order chi connectivity index (χ0) is 21.0. The number of para-hydroxylation sites is 1. The maximum absolute atomic E-state index is 13.7. The van der Waals surface area contributed by atoms with Crippen LogP contribution in [0.15, 0.2) is 53.4 Å². The van der Waals surface area contributed by atoms with E-state index in [2.05, 4.69) is 12.2 Å². The quantitative estimate of drug-likeness (QED) is 0.774. The first-order chi connectivity index (χ1) is 13.8. The molecule has 1 unspecified atom stereocenters. The molecule has 1 heterocycles. The van der Waals surface area contributed by atoms with Gasteiger partial charge in [0, 0.05) is 18.8 Å². The van der Waals surface area contributed by atoms with Gasteiger partial charge in [-0.2, -0.15) is 4.31 Å². The normalized spacial score (nSPS) is 16.9. The minimum atomic E-state index is -3.54. The maximum atomic E-state index is 13.7. The predicted octanol–water partition coefficient (Wildman–Crippen LogP) is 3.65. The predicted molar refractivity (Wildman–Crippen MR) is 109 cm³/mol. The molecule has 0 aliphatic carbocycles. The molecule has 1 atom stereocenters. The van der Waals surface area contributed by atoms with Crippen molar-refractivity contribution in [3.63, 3.8) is 0 Å². The van der Waals surface area contributed by atoms with E-state index in [1.54, 1.807) is 6.07 Å². The number of hydrogen-bond acceptors (Lipinski definition) is 4. The van der Waals surface area contributed by atoms with Gasteiger partial charge in [-0.25, -0.2) is 12.8 Å². The molecule has 2 aromatic carbocycles. The van der Waals surface area contributed by atoms with E-state index in [1.807, 2.05) is 0 Å². The summed E-state index contributed by atoms with van der Waals surface area (Å²) in [5.74, 6) is -0.484. The van der Waals surface area contributed by atoms with Crippen molar-refractivity contribution < 1.29 is 22.3 Å². The van der Waals surface area contributed by atoms with Crippen LogP contribution in [0.5, 0.6) is 5.75 Å². The van der Waals surface area contributed by atoms with E-state index in [0.29, 0.717) is 24.7 Å². The molecule has 8 heteroatoms. The van der Waals surface area contributed by atoms with Gasteiger partial charge in [0.1, 0.15) is 0 Å². The Morgan fingerprint density at radius 3 is 2.38 bits per heavy atom. The first-order valence-corrected chi connectivity index (χ1v) is 11.0. The molecule has 0 aromatic heterocycles. The van der Waals surface area contributed by atoms with Gasteiger partial charge in [0.15, 0.2) is 17.7 Å². The second kappa shape index (κ2) is 8.92. The molecule has 1 fully saturated rings. The number of piperidine rings is 1. The molecule has 156 valence electrons. The van der Waals surface area contributed by atoms with E-state index in [0.717, 1.165) is 12.8 Å². The molecule has 29 heavy (non-hydrogen) atoms. The second-order valence-electron chi connectivity index (χ2n) is 7.29. The third-order valence-electron chi connectivity index (χ3n) is 5.01. The number of hydrogen-bond donors (Lipinski definition) is 1. The van der Waals surface area contributed by atoms with Crippen molar-refractivity contribution in [1.29, 1.82) is 0 Å². The molecular formula is C21H25FN2O4S. The fourth-order valence-corrected chi connectivity index (χ4v) is 4.58. The lowest BCUT2D eigenvalue weighted by molar-refractivity contribution is -0.122. The van der Waals surface area contributed by atoms with Crippen LogP contribution in [-0.2, 0) is 14.8 Å². The fraction of sp³-hybridized carbons (Fsp3) is 0.381. The second-order valence-corrected chi connectivity index (χ2v) is 9.23. The Balaban J connectivity index is 1.62. The molecule has 1 aliphatic heterocycles. The standard InChI is InChI=1S/C21H25FN2O4S/c1-15-11-13-24(14-12-15)29(26,27)18-9-7-17(8-10-18)23-21(25)16(2)28-20-6-4-3-5-19(20)22/h3-10,15-16H,11-14H2,1-2H3,(H,23,25). The number of anilines is 1. The monoisotopic (exact) mass is 420 g/mol. The van der Waals surface area contributed by atoms with E-state index in [4.69, 9.17) is 4.74 Å². The van der Waals surface area contributed by atoms with Gasteiger partial charge in [0.05, 0.1) is 4.90 Å². The summed E-state index contributed by atoms with van der Waals surface area (Å²) in [6.45, 7) is 4.68. The lowest BCUT2D eigenvalue weighted by atomic mass is 10.0. The van der Waals surface area contributed by atoms with E-state index in [9.17, 15) is 17.6 Å². The summed E-state index contributed by atoms with van der Waals surface area (Å²) >= 11 is 0. The molecule has 1 aliphatic rings. The van der Waals surface area contributed by atoms with Crippen LogP contribution in [-0.4, -0.2) is 37.8 Å². The number of rotatable bonds is 6. The van der Waals surface area contributed by atoms with Crippen LogP contribution < -0.4 is 10.1 Å². The number of amides is 1. The fourth-order valence-electron chi connectivity index (χ4n) is 3.11. The number of carbonyl (C=O) groups excluding carboxylic acids is 1. The van der Waals surface area contributed by atoms with E-state index < -0.39 is 27.9 Å². The van der Waals surface area contributed by atoms with Crippen molar-refractivity contribution in [2.45, 2.75) is 37.7 Å². The molecule has 2 aromatic rings. The Kier molecular flexibility index (Phi) is 6.54. The van der Waals surface area contributed by atoms with Gasteiger partial charge < -0.3 is 10.1 Å². The Labute approximate surface area is 170 Å². The highest BCUT2D eigenvalue weighted by Gasteiger charge is 2.28. The van der Waals surface area contributed by atoms with Crippen LogP contribution in [0.3, 0.4) is 0 Å². The average Bonchev–Trinajstić information content (AvgIpc) is 2.70. The smallest absolute Gasteiger partial charge is 0.265 e. The SMILES string of the molecule is CC1CCN(S(=O)(=O)c2ccc(NC(=O)C(C)Oc3ccccc3F)cc2)CC1. The van der Waals surface area contributed by atoms with Crippen LogP contribution in [0.1, 0.15) is 26.7 Å². The molecule has 1 saturated heterocycles. The Morgan fingerprint density at radius 1 is 1.14 bits per heavy atom. The summed E-state index contributed by atoms with van der Waals surface area (Å²) in [4.78, 5) is 12.5. The summed E-state index contributed by atoms with van der Waals surface area (Å²) in [6, 6.07) is 11.9. The van der Waals surface area contributed by atoms with Crippen molar-refractivity contribution in [2.75, 3.05) is 18.4 Å². The van der Waals surface area contributed by atoms with Crippen molar-refractivity contribution in [3.8, 4) is 5.75 Å². The van der Waals surface area contributed by atoms with Gasteiger partial charge in [-0.3, -0.25) is 4.79 Å². The Bertz CT molecular complexity index is 955. The Morgan fingerprint density at radius 2 is 1.76 bits per heavy atom. The van der Waals surface area contributed by atoms with Gasteiger partial charge in [-0.05, 0) is 62.1 Å². The van der Waals surface area contributed by atoms with Crippen LogP contribution in [0.4, 0.5) is 10.1 Å². The molecule has 0 saturated carbocycles. The number of ether oxygens (including phenoxy) is 1.